The van der Waals surface area contributed by atoms with Crippen molar-refractivity contribution in [2.75, 3.05) is 28.4 Å². The molecule has 5 aliphatic carbocycles. The van der Waals surface area contributed by atoms with E-state index in [1.54, 1.807) is 0 Å². The summed E-state index contributed by atoms with van der Waals surface area (Å²) in [6, 6.07) is 52.7. The summed E-state index contributed by atoms with van der Waals surface area (Å²) in [6.45, 7) is 0. The maximum Gasteiger partial charge on any atom is 0.328 e. The molecular formula is C92H100N4O12. The average Bonchev–Trinajstić information content (AvgIpc) is 0.842. The fourth-order valence-corrected chi connectivity index (χ4v) is 17.6. The van der Waals surface area contributed by atoms with Crippen LogP contribution in [-0.2, 0) is 147 Å². The molecule has 560 valence electrons. The van der Waals surface area contributed by atoms with Gasteiger partial charge >= 0.3 is 23.9 Å². The lowest BCUT2D eigenvalue weighted by atomic mass is 9.62. The normalized spacial score (nSPS) is 18.0. The van der Waals surface area contributed by atoms with Gasteiger partial charge in [0.05, 0.1) is 54.1 Å². The zero-order chi connectivity index (χ0) is 75.2. The highest BCUT2D eigenvalue weighted by Gasteiger charge is 2.42. The van der Waals surface area contributed by atoms with Crippen molar-refractivity contribution >= 4 is 47.5 Å². The number of hydrogen-bond acceptors (Lipinski definition) is 12. The van der Waals surface area contributed by atoms with E-state index in [0.717, 1.165) is 201 Å². The number of fused-ring (bicyclic) bond motifs is 8. The van der Waals surface area contributed by atoms with Crippen LogP contribution in [0, 0.1) is 0 Å². The van der Waals surface area contributed by atoms with Crippen LogP contribution < -0.4 is 21.3 Å². The molecule has 12 bridgehead atoms. The third-order valence-electron chi connectivity index (χ3n) is 23.3. The SMILES string of the molecule is COC(=O)C(Cc1ccccc1)NC(=O)Cc1c2cc3cc1C1CCC1c1cc(cc(c1CC(=O)NC(Cc1ccccc1)C(=O)OC)Cc1cc4cc(c1CC(=O)NC(Cc1ccccc1)C(=O)OC)C1CCC1c1cc(cc(c1CC(=O)NC(Cc1ccccc1)C(=O)OC)C2)CCCCC4)CCCCC3. The number of esters is 4. The molecule has 5 aliphatic rings. The second kappa shape index (κ2) is 35.5. The van der Waals surface area contributed by atoms with Crippen molar-refractivity contribution in [3.63, 3.8) is 0 Å². The number of methoxy groups -OCH3 is 4. The first kappa shape index (κ1) is 75.7. The fraction of sp³-hybridized carbons (Fsp3) is 0.391. The molecule has 8 aromatic rings. The predicted molar refractivity (Wildman–Crippen MR) is 415 cm³/mol. The first-order valence-electron chi connectivity index (χ1n) is 38.8. The van der Waals surface area contributed by atoms with E-state index in [2.05, 4.69) is 69.8 Å². The molecule has 0 spiro atoms. The van der Waals surface area contributed by atoms with Gasteiger partial charge in [-0.05, 0) is 225 Å². The lowest BCUT2D eigenvalue weighted by molar-refractivity contribution is -0.145. The van der Waals surface area contributed by atoms with E-state index in [0.29, 0.717) is 12.8 Å². The van der Waals surface area contributed by atoms with Gasteiger partial charge in [0.15, 0.2) is 0 Å². The molecule has 0 radical (unpaired) electrons. The molecule has 8 atom stereocenters. The van der Waals surface area contributed by atoms with Crippen molar-refractivity contribution in [2.24, 2.45) is 0 Å². The highest BCUT2D eigenvalue weighted by atomic mass is 16.5. The van der Waals surface area contributed by atoms with Crippen LogP contribution in [0.25, 0.3) is 0 Å². The van der Waals surface area contributed by atoms with Crippen molar-refractivity contribution in [1.29, 1.82) is 0 Å². The van der Waals surface area contributed by atoms with Crippen LogP contribution in [0.4, 0.5) is 0 Å². The lowest BCUT2D eigenvalue weighted by Gasteiger charge is -2.42. The summed E-state index contributed by atoms with van der Waals surface area (Å²) in [5, 5.41) is 12.6. The minimum atomic E-state index is -0.998. The number of hydrogen-bond donors (Lipinski definition) is 4. The molecule has 0 aliphatic heterocycles. The van der Waals surface area contributed by atoms with Gasteiger partial charge in [-0.2, -0.15) is 0 Å². The van der Waals surface area contributed by atoms with E-state index < -0.39 is 48.0 Å². The van der Waals surface area contributed by atoms with Gasteiger partial charge in [0, 0.05) is 25.7 Å². The lowest BCUT2D eigenvalue weighted by Crippen LogP contribution is -2.44. The van der Waals surface area contributed by atoms with Crippen molar-refractivity contribution < 1.29 is 57.3 Å². The van der Waals surface area contributed by atoms with Crippen molar-refractivity contribution in [1.82, 2.24) is 21.3 Å². The van der Waals surface area contributed by atoms with E-state index in [4.69, 9.17) is 18.9 Å². The molecule has 0 aromatic heterocycles. The van der Waals surface area contributed by atoms with Gasteiger partial charge in [0.25, 0.3) is 0 Å². The summed E-state index contributed by atoms with van der Waals surface area (Å²) in [6.07, 6.45) is 12.6. The molecule has 4 amide bonds. The van der Waals surface area contributed by atoms with Crippen molar-refractivity contribution in [2.45, 2.75) is 202 Å². The predicted octanol–water partition coefficient (Wildman–Crippen LogP) is 12.8. The zero-order valence-electron chi connectivity index (χ0n) is 62.7. The minimum absolute atomic E-state index is 0.0827. The number of carbonyl (C=O) groups excluding carboxylic acids is 8. The monoisotopic (exact) mass is 1450 g/mol. The molecule has 108 heavy (non-hydrogen) atoms. The van der Waals surface area contributed by atoms with Gasteiger partial charge in [0.2, 0.25) is 23.6 Å². The number of aryl methyl sites for hydroxylation is 4. The van der Waals surface area contributed by atoms with E-state index >= 15 is 19.2 Å². The second-order valence-electron chi connectivity index (χ2n) is 30.4. The number of rotatable bonds is 24. The van der Waals surface area contributed by atoms with Crippen molar-refractivity contribution in [3.8, 4) is 0 Å². The van der Waals surface area contributed by atoms with E-state index in [9.17, 15) is 19.2 Å². The smallest absolute Gasteiger partial charge is 0.328 e. The largest absolute Gasteiger partial charge is 0.467 e. The Kier molecular flexibility index (Phi) is 24.9. The first-order chi connectivity index (χ1) is 52.6. The molecule has 2 saturated carbocycles. The van der Waals surface area contributed by atoms with E-state index in [-0.39, 0.29) is 98.7 Å². The molecule has 16 heteroatoms. The van der Waals surface area contributed by atoms with Gasteiger partial charge in [0.1, 0.15) is 24.2 Å². The van der Waals surface area contributed by atoms with Gasteiger partial charge in [-0.3, -0.25) is 19.2 Å². The zero-order valence-corrected chi connectivity index (χ0v) is 62.7. The third-order valence-corrected chi connectivity index (χ3v) is 23.3. The Morgan fingerprint density at radius 3 is 0.713 bits per heavy atom. The summed E-state index contributed by atoms with van der Waals surface area (Å²) in [7, 11) is 5.34. The second-order valence-corrected chi connectivity index (χ2v) is 30.4. The summed E-state index contributed by atoms with van der Waals surface area (Å²) in [5.41, 5.74) is 19.2. The molecule has 0 saturated heterocycles. The Morgan fingerprint density at radius 2 is 0.519 bits per heavy atom. The van der Waals surface area contributed by atoms with Gasteiger partial charge in [-0.15, -0.1) is 0 Å². The highest BCUT2D eigenvalue weighted by molar-refractivity contribution is 5.90. The van der Waals surface area contributed by atoms with Crippen LogP contribution in [-0.4, -0.2) is 100 Å². The van der Waals surface area contributed by atoms with E-state index in [1.807, 2.05) is 121 Å². The first-order valence-corrected chi connectivity index (χ1v) is 38.8. The summed E-state index contributed by atoms with van der Waals surface area (Å²) >= 11 is 0. The molecule has 13 rings (SSSR count). The maximum absolute atomic E-state index is 15.5. The van der Waals surface area contributed by atoms with Crippen LogP contribution in [0.3, 0.4) is 0 Å². The third kappa shape index (κ3) is 18.4. The molecule has 16 nitrogen and oxygen atoms in total. The number of carbonyl (C=O) groups is 8. The van der Waals surface area contributed by atoms with Gasteiger partial charge in [-0.1, -0.05) is 183 Å². The highest BCUT2D eigenvalue weighted by Crippen LogP contribution is 2.55. The number of amides is 4. The summed E-state index contributed by atoms with van der Waals surface area (Å²) in [5.74, 6) is -4.32. The average molecular weight is 1450 g/mol. The molecule has 8 aromatic carbocycles. The molecular weight excluding hydrogens is 1350 g/mol. The van der Waals surface area contributed by atoms with Gasteiger partial charge in [-0.25, -0.2) is 19.2 Å². The van der Waals surface area contributed by atoms with Crippen LogP contribution in [0.2, 0.25) is 0 Å². The topological polar surface area (TPSA) is 222 Å². The number of benzene rings is 8. The number of nitrogens with one attached hydrogen (secondary N) is 4. The summed E-state index contributed by atoms with van der Waals surface area (Å²) < 4.78 is 21.6. The Morgan fingerprint density at radius 1 is 0.306 bits per heavy atom. The standard InChI is InChI=1S/C92H100N4O12/c1-105-89(101)81(47-57-23-11-5-12-24-57)93-85(97)53-73-65-39-61-31-19-9-20-33-63-41-67(75(78(44-63)70-36-35-69(70)77(73)43-61)55-87(99)95-83(91(103)107-3)49-59-27-15-7-16-28-59)52-68-42-64-34-22-10-21-32-62-40-66(51-65)74(54-86(98)94-82(90(102)106-2)48-58-25-13-6-14-26-58)79(45-62)71-37-38-72(71)80(46-64)76(68)56-88(100)96-84(92(104)108-4)50-60-29-17-8-18-30-60/h5-8,11-18,23-30,39-46,69-72,81-84H,9-10,19-22,31-38,47-56H2,1-4H3,(H,93,97)(H,94,98)(H,95,99)(H,96,100). The molecule has 4 N–H and O–H groups in total. The summed E-state index contributed by atoms with van der Waals surface area (Å²) in [4.78, 5) is 118. The van der Waals surface area contributed by atoms with Gasteiger partial charge < -0.3 is 40.2 Å². The molecule has 8 unspecified atom stereocenters. The quantitative estimate of drug-likeness (QED) is 0.0328. The number of ether oxygens (including phenoxy) is 4. The van der Waals surface area contributed by atoms with E-state index in [1.165, 1.54) is 28.4 Å². The Hall–Kier alpha value is -10.5. The molecule has 0 heterocycles. The van der Waals surface area contributed by atoms with Crippen LogP contribution >= 0.6 is 0 Å². The Bertz CT molecular complexity index is 4020. The molecule has 2 fully saturated rings. The van der Waals surface area contributed by atoms with Crippen LogP contribution in [0.5, 0.6) is 0 Å². The Balaban J connectivity index is 1.03. The van der Waals surface area contributed by atoms with Crippen molar-refractivity contribution in [3.05, 3.63) is 281 Å². The minimum Gasteiger partial charge on any atom is -0.467 e. The van der Waals surface area contributed by atoms with Crippen LogP contribution in [0.15, 0.2) is 170 Å². The maximum atomic E-state index is 15.5. The Labute approximate surface area is 634 Å². The fourth-order valence-electron chi connectivity index (χ4n) is 17.6. The van der Waals surface area contributed by atoms with Crippen LogP contribution in [0.1, 0.15) is 199 Å².